The Kier molecular flexibility index (Phi) is 8.26. The number of aryl methyl sites for hydroxylation is 1. The summed E-state index contributed by atoms with van der Waals surface area (Å²) in [5, 5.41) is 9.63. The number of hydrogen-bond donors (Lipinski definition) is 1. The van der Waals surface area contributed by atoms with E-state index in [2.05, 4.69) is 50.4 Å². The molecular formula is C26H38N2OSn. The molecule has 2 aromatic heterocycles. The molecule has 30 heavy (non-hydrogen) atoms. The number of unbranched alkanes of at least 4 members (excludes halogenated alkanes) is 3. The van der Waals surface area contributed by atoms with Crippen LogP contribution in [-0.2, 0) is 0 Å². The van der Waals surface area contributed by atoms with E-state index >= 15 is 0 Å². The predicted molar refractivity (Wildman–Crippen MR) is 132 cm³/mol. The normalized spacial score (nSPS) is 12.0. The van der Waals surface area contributed by atoms with Crippen molar-refractivity contribution in [1.82, 2.24) is 9.38 Å². The van der Waals surface area contributed by atoms with Gasteiger partial charge in [-0.3, -0.25) is 0 Å². The van der Waals surface area contributed by atoms with E-state index in [9.17, 15) is 5.11 Å². The van der Waals surface area contributed by atoms with Crippen LogP contribution in [0.25, 0.3) is 16.9 Å². The molecule has 0 aliphatic heterocycles. The van der Waals surface area contributed by atoms with Gasteiger partial charge in [0, 0.05) is 0 Å². The van der Waals surface area contributed by atoms with Gasteiger partial charge in [0.2, 0.25) is 0 Å². The van der Waals surface area contributed by atoms with E-state index in [1.165, 1.54) is 57.5 Å². The summed E-state index contributed by atoms with van der Waals surface area (Å²) in [4.78, 5) is 4.93. The van der Waals surface area contributed by atoms with Gasteiger partial charge in [0.15, 0.2) is 0 Å². The fourth-order valence-electron chi connectivity index (χ4n) is 4.72. The van der Waals surface area contributed by atoms with Crippen molar-refractivity contribution in [2.45, 2.75) is 79.5 Å². The SMILES string of the molecule is CCC[CH2][Sn]([CH2]CCC)([CH2]CCC)[c]1ccc2nc(-c3ccc(O)cc3)c(C)n2c1. The summed E-state index contributed by atoms with van der Waals surface area (Å²) in [6.07, 6.45) is 10.5. The van der Waals surface area contributed by atoms with E-state index < -0.39 is 18.4 Å². The van der Waals surface area contributed by atoms with E-state index in [-0.39, 0.29) is 0 Å². The number of hydrogen-bond acceptors (Lipinski definition) is 2. The molecule has 0 saturated heterocycles. The van der Waals surface area contributed by atoms with Crippen LogP contribution in [0.2, 0.25) is 13.3 Å². The number of aromatic nitrogens is 2. The summed E-state index contributed by atoms with van der Waals surface area (Å²) >= 11 is -2.46. The van der Waals surface area contributed by atoms with Crippen LogP contribution in [0.5, 0.6) is 5.75 Å². The number of imidazole rings is 1. The second-order valence-electron chi connectivity index (χ2n) is 8.83. The molecule has 3 rings (SSSR count). The Morgan fingerprint density at radius 1 is 0.833 bits per heavy atom. The first-order chi connectivity index (χ1) is 14.5. The van der Waals surface area contributed by atoms with Gasteiger partial charge in [-0.05, 0) is 0 Å². The fraction of sp³-hybridized carbons (Fsp3) is 0.500. The first-order valence-corrected chi connectivity index (χ1v) is 19.3. The molecule has 162 valence electrons. The quantitative estimate of drug-likeness (QED) is 0.279. The van der Waals surface area contributed by atoms with Crippen LogP contribution in [0, 0.1) is 6.92 Å². The molecule has 0 fully saturated rings. The Morgan fingerprint density at radius 2 is 1.40 bits per heavy atom. The second-order valence-corrected chi connectivity index (χ2v) is 22.1. The average Bonchev–Trinajstić information content (AvgIpc) is 3.10. The Morgan fingerprint density at radius 3 is 1.93 bits per heavy atom. The molecule has 3 aromatic rings. The van der Waals surface area contributed by atoms with E-state index in [4.69, 9.17) is 4.98 Å². The van der Waals surface area contributed by atoms with Gasteiger partial charge in [-0.1, -0.05) is 0 Å². The van der Waals surface area contributed by atoms with Gasteiger partial charge in [-0.25, -0.2) is 0 Å². The van der Waals surface area contributed by atoms with Crippen LogP contribution < -0.4 is 3.58 Å². The maximum absolute atomic E-state index is 9.63. The van der Waals surface area contributed by atoms with E-state index in [0.29, 0.717) is 5.75 Å². The minimum absolute atomic E-state index is 0.295. The standard InChI is InChI=1S/C14H11N2O.3C4H9.Sn/c1-10-14(11-5-7-12(17)8-6-11)15-13-4-2-3-9-16(10)13;3*1-3-4-2;/h2,4-9,17H,1H3;3*1,3-4H2,2H3;. The van der Waals surface area contributed by atoms with E-state index in [1.54, 1.807) is 15.7 Å². The number of nitrogens with zero attached hydrogens (tertiary/aromatic N) is 2. The number of phenolic OH excluding ortho intramolecular Hbond substituents is 1. The third-order valence-corrected chi connectivity index (χ3v) is 22.2. The van der Waals surface area contributed by atoms with Crippen molar-refractivity contribution in [1.29, 1.82) is 0 Å². The van der Waals surface area contributed by atoms with Crippen molar-refractivity contribution in [3.05, 3.63) is 48.3 Å². The first-order valence-electron chi connectivity index (χ1n) is 11.8. The summed E-state index contributed by atoms with van der Waals surface area (Å²) < 4.78 is 8.46. The Bertz CT molecular complexity index is 924. The summed E-state index contributed by atoms with van der Waals surface area (Å²) in [7, 11) is 0. The molecule has 3 nitrogen and oxygen atoms in total. The summed E-state index contributed by atoms with van der Waals surface area (Å²) in [6, 6.07) is 12.1. The topological polar surface area (TPSA) is 37.5 Å². The number of aromatic hydroxyl groups is 1. The van der Waals surface area contributed by atoms with Crippen LogP contribution in [0.1, 0.15) is 65.0 Å². The van der Waals surface area contributed by atoms with Crippen LogP contribution in [0.4, 0.5) is 0 Å². The minimum atomic E-state index is -2.46. The Balaban J connectivity index is 2.07. The van der Waals surface area contributed by atoms with Gasteiger partial charge in [0.25, 0.3) is 0 Å². The summed E-state index contributed by atoms with van der Waals surface area (Å²) in [5.74, 6) is 0.295. The van der Waals surface area contributed by atoms with Gasteiger partial charge in [-0.15, -0.1) is 0 Å². The molecule has 0 unspecified atom stereocenters. The third-order valence-electron chi connectivity index (χ3n) is 6.64. The molecular weight excluding hydrogens is 475 g/mol. The Hall–Kier alpha value is -1.49. The monoisotopic (exact) mass is 514 g/mol. The molecule has 0 radical (unpaired) electrons. The van der Waals surface area contributed by atoms with Gasteiger partial charge in [0.1, 0.15) is 0 Å². The van der Waals surface area contributed by atoms with Crippen molar-refractivity contribution >= 4 is 27.6 Å². The molecule has 0 spiro atoms. The number of rotatable bonds is 11. The van der Waals surface area contributed by atoms with E-state index in [1.807, 2.05) is 12.1 Å². The van der Waals surface area contributed by atoms with Crippen LogP contribution in [0.15, 0.2) is 42.6 Å². The molecule has 0 aliphatic rings. The number of pyridine rings is 1. The second kappa shape index (κ2) is 10.7. The van der Waals surface area contributed by atoms with Crippen LogP contribution in [-0.4, -0.2) is 32.9 Å². The third kappa shape index (κ3) is 5.04. The van der Waals surface area contributed by atoms with E-state index in [0.717, 1.165) is 16.9 Å². The van der Waals surface area contributed by atoms with Crippen LogP contribution in [0.3, 0.4) is 0 Å². The molecule has 0 amide bonds. The molecule has 0 aliphatic carbocycles. The molecule has 0 saturated carbocycles. The molecule has 0 bridgehead atoms. The van der Waals surface area contributed by atoms with Gasteiger partial charge in [-0.2, -0.15) is 0 Å². The molecule has 1 aromatic carbocycles. The molecule has 2 heterocycles. The van der Waals surface area contributed by atoms with Crippen molar-refractivity contribution in [2.75, 3.05) is 0 Å². The number of benzene rings is 1. The van der Waals surface area contributed by atoms with Gasteiger partial charge in [0.05, 0.1) is 0 Å². The fourth-order valence-corrected chi connectivity index (χ4v) is 20.6. The molecule has 1 N–H and O–H groups in total. The zero-order valence-electron chi connectivity index (χ0n) is 19.2. The van der Waals surface area contributed by atoms with Crippen molar-refractivity contribution in [3.8, 4) is 17.0 Å². The van der Waals surface area contributed by atoms with Crippen LogP contribution >= 0.6 is 0 Å². The summed E-state index contributed by atoms with van der Waals surface area (Å²) in [5.41, 5.74) is 4.30. The predicted octanol–water partition coefficient (Wildman–Crippen LogP) is 7.07. The van der Waals surface area contributed by atoms with Gasteiger partial charge < -0.3 is 0 Å². The summed E-state index contributed by atoms with van der Waals surface area (Å²) in [6.45, 7) is 9.18. The van der Waals surface area contributed by atoms with Crippen molar-refractivity contribution in [2.24, 2.45) is 0 Å². The number of phenols is 1. The molecule has 4 heteroatoms. The average molecular weight is 513 g/mol. The van der Waals surface area contributed by atoms with Crippen molar-refractivity contribution < 1.29 is 5.11 Å². The van der Waals surface area contributed by atoms with Gasteiger partial charge >= 0.3 is 187 Å². The Labute approximate surface area is 186 Å². The van der Waals surface area contributed by atoms with Crippen molar-refractivity contribution in [3.63, 3.8) is 0 Å². The zero-order valence-corrected chi connectivity index (χ0v) is 22.1. The first kappa shape index (κ1) is 23.2. The number of fused-ring (bicyclic) bond motifs is 1. The maximum atomic E-state index is 9.63. The molecule has 0 atom stereocenters. The zero-order chi connectivity index (χ0) is 21.6.